The molecule has 0 bridgehead atoms. The van der Waals surface area contributed by atoms with Crippen LogP contribution in [0.1, 0.15) is 28.8 Å². The van der Waals surface area contributed by atoms with Crippen molar-refractivity contribution in [2.75, 3.05) is 23.7 Å². The van der Waals surface area contributed by atoms with Crippen LogP contribution >= 0.6 is 0 Å². The molecular weight excluding hydrogens is 405 g/mol. The third-order valence-corrected chi connectivity index (χ3v) is 4.93. The van der Waals surface area contributed by atoms with Crippen LogP contribution in [0.2, 0.25) is 0 Å². The third-order valence-electron chi connectivity index (χ3n) is 4.93. The number of halogens is 3. The highest BCUT2D eigenvalue weighted by Crippen LogP contribution is 2.30. The van der Waals surface area contributed by atoms with Crippen molar-refractivity contribution in [3.63, 3.8) is 0 Å². The van der Waals surface area contributed by atoms with E-state index >= 15 is 0 Å². The molecule has 0 spiro atoms. The minimum atomic E-state index is -4.33. The van der Waals surface area contributed by atoms with E-state index in [1.165, 1.54) is 12.8 Å². The summed E-state index contributed by atoms with van der Waals surface area (Å²) in [6, 6.07) is 18.0. The Hall–Kier alpha value is -3.55. The van der Waals surface area contributed by atoms with Crippen LogP contribution in [0.5, 0.6) is 0 Å². The molecule has 0 unspecified atom stereocenters. The lowest BCUT2D eigenvalue weighted by atomic mass is 10.0. The number of nitrogens with two attached hydrogens (primary N) is 2. The number of carbonyl (C=O) groups is 1. The fourth-order valence-corrected chi connectivity index (χ4v) is 3.35. The van der Waals surface area contributed by atoms with Gasteiger partial charge in [0.1, 0.15) is 5.82 Å². The van der Waals surface area contributed by atoms with Gasteiger partial charge >= 0.3 is 6.18 Å². The molecule has 2 heterocycles. The number of hydrogen-bond acceptors (Lipinski definition) is 4. The summed E-state index contributed by atoms with van der Waals surface area (Å²) in [4.78, 5) is 17.3. The quantitative estimate of drug-likeness (QED) is 0.631. The smallest absolute Gasteiger partial charge is 0.384 e. The van der Waals surface area contributed by atoms with Gasteiger partial charge in [-0.1, -0.05) is 36.4 Å². The number of alkyl halides is 3. The Morgan fingerprint density at radius 2 is 1.61 bits per heavy atom. The number of rotatable bonds is 3. The average Bonchev–Trinajstić information content (AvgIpc) is 3.29. The SMILES string of the molecule is NC(=O)c1cc(-c2ccccc2)ccc1N1CCCC1.Nc1ccc(C(F)(F)F)cn1. The van der Waals surface area contributed by atoms with Crippen molar-refractivity contribution in [3.8, 4) is 11.1 Å². The molecule has 0 atom stereocenters. The maximum Gasteiger partial charge on any atom is 0.417 e. The minimum absolute atomic E-state index is 0.0815. The molecule has 1 aromatic heterocycles. The molecule has 162 valence electrons. The molecule has 4 rings (SSSR count). The highest BCUT2D eigenvalue weighted by molar-refractivity contribution is 6.00. The predicted molar refractivity (Wildman–Crippen MR) is 115 cm³/mol. The molecule has 1 aliphatic heterocycles. The highest BCUT2D eigenvalue weighted by Gasteiger charge is 2.30. The number of nitrogen functional groups attached to an aromatic ring is 1. The fourth-order valence-electron chi connectivity index (χ4n) is 3.35. The van der Waals surface area contributed by atoms with Crippen molar-refractivity contribution in [1.29, 1.82) is 0 Å². The number of carbonyl (C=O) groups excluding carboxylic acids is 1. The first-order chi connectivity index (χ1) is 14.8. The van der Waals surface area contributed by atoms with E-state index < -0.39 is 11.7 Å². The van der Waals surface area contributed by atoms with Crippen molar-refractivity contribution in [1.82, 2.24) is 4.98 Å². The molecule has 2 aromatic carbocycles. The van der Waals surface area contributed by atoms with Crippen molar-refractivity contribution in [2.45, 2.75) is 19.0 Å². The topological polar surface area (TPSA) is 85.2 Å². The molecule has 1 fully saturated rings. The maximum atomic E-state index is 11.8. The number of primary amides is 1. The lowest BCUT2D eigenvalue weighted by Crippen LogP contribution is -2.23. The number of anilines is 2. The van der Waals surface area contributed by atoms with Gasteiger partial charge in [0, 0.05) is 25.0 Å². The first kappa shape index (κ1) is 22.1. The van der Waals surface area contributed by atoms with E-state index in [0.29, 0.717) is 11.8 Å². The van der Waals surface area contributed by atoms with E-state index in [-0.39, 0.29) is 11.7 Å². The standard InChI is InChI=1S/C17H18N2O.C6H5F3N2/c18-17(20)15-12-14(13-6-2-1-3-7-13)8-9-16(15)19-10-4-5-11-19;7-6(8,9)4-1-2-5(10)11-3-4/h1-3,6-9,12H,4-5,10-11H2,(H2,18,20);1-3H,(H2,10,11). The van der Waals surface area contributed by atoms with Crippen LogP contribution in [0.3, 0.4) is 0 Å². The van der Waals surface area contributed by atoms with Crippen LogP contribution < -0.4 is 16.4 Å². The average molecular weight is 428 g/mol. The number of aromatic nitrogens is 1. The van der Waals surface area contributed by atoms with Crippen LogP contribution in [0.4, 0.5) is 24.7 Å². The normalized spacial score (nSPS) is 13.5. The summed E-state index contributed by atoms with van der Waals surface area (Å²) in [5.74, 6) is -0.275. The molecule has 0 radical (unpaired) electrons. The van der Waals surface area contributed by atoms with Gasteiger partial charge in [-0.05, 0) is 48.2 Å². The Bertz CT molecular complexity index is 1020. The van der Waals surface area contributed by atoms with Gasteiger partial charge in [-0.2, -0.15) is 13.2 Å². The van der Waals surface area contributed by atoms with Crippen LogP contribution in [-0.2, 0) is 6.18 Å². The molecule has 0 saturated carbocycles. The van der Waals surface area contributed by atoms with Gasteiger partial charge in [0.2, 0.25) is 0 Å². The predicted octanol–water partition coefficient (Wildman–Crippen LogP) is 4.74. The summed E-state index contributed by atoms with van der Waals surface area (Å²) >= 11 is 0. The number of nitrogens with zero attached hydrogens (tertiary/aromatic N) is 2. The van der Waals surface area contributed by atoms with Crippen LogP contribution in [0, 0.1) is 0 Å². The van der Waals surface area contributed by atoms with E-state index in [2.05, 4.69) is 16.0 Å². The molecule has 1 saturated heterocycles. The maximum absolute atomic E-state index is 11.8. The van der Waals surface area contributed by atoms with Gasteiger partial charge < -0.3 is 16.4 Å². The Labute approximate surface area is 178 Å². The number of benzene rings is 2. The van der Waals surface area contributed by atoms with E-state index in [4.69, 9.17) is 11.5 Å². The summed E-state index contributed by atoms with van der Waals surface area (Å²) in [5, 5.41) is 0. The largest absolute Gasteiger partial charge is 0.417 e. The van der Waals surface area contributed by atoms with Gasteiger partial charge in [-0.15, -0.1) is 0 Å². The lowest BCUT2D eigenvalue weighted by Gasteiger charge is -2.21. The minimum Gasteiger partial charge on any atom is -0.384 e. The Morgan fingerprint density at radius 1 is 0.935 bits per heavy atom. The van der Waals surface area contributed by atoms with E-state index in [1.807, 2.05) is 42.5 Å². The van der Waals surface area contributed by atoms with E-state index in [1.54, 1.807) is 0 Å². The van der Waals surface area contributed by atoms with Crippen molar-refractivity contribution < 1.29 is 18.0 Å². The van der Waals surface area contributed by atoms with Gasteiger partial charge in [-0.3, -0.25) is 4.79 Å². The van der Waals surface area contributed by atoms with Crippen LogP contribution in [0.15, 0.2) is 66.9 Å². The van der Waals surface area contributed by atoms with Crippen LogP contribution in [0.25, 0.3) is 11.1 Å². The molecule has 31 heavy (non-hydrogen) atoms. The first-order valence-electron chi connectivity index (χ1n) is 9.78. The van der Waals surface area contributed by atoms with Gasteiger partial charge in [-0.25, -0.2) is 4.98 Å². The third kappa shape index (κ3) is 5.75. The van der Waals surface area contributed by atoms with Gasteiger partial charge in [0.05, 0.1) is 11.1 Å². The second-order valence-electron chi connectivity index (χ2n) is 7.13. The summed E-state index contributed by atoms with van der Waals surface area (Å²) in [5.41, 5.74) is 13.6. The molecule has 3 aromatic rings. The van der Waals surface area contributed by atoms with E-state index in [9.17, 15) is 18.0 Å². The second kappa shape index (κ2) is 9.51. The zero-order valence-electron chi connectivity index (χ0n) is 16.8. The Balaban J connectivity index is 0.000000210. The summed E-state index contributed by atoms with van der Waals surface area (Å²) < 4.78 is 35.5. The molecular formula is C23H23F3N4O. The summed E-state index contributed by atoms with van der Waals surface area (Å²) in [6.45, 7) is 2.01. The summed E-state index contributed by atoms with van der Waals surface area (Å²) in [7, 11) is 0. The molecule has 5 nitrogen and oxygen atoms in total. The first-order valence-corrected chi connectivity index (χ1v) is 9.78. The monoisotopic (exact) mass is 428 g/mol. The van der Waals surface area contributed by atoms with Crippen molar-refractivity contribution in [2.24, 2.45) is 5.73 Å². The zero-order chi connectivity index (χ0) is 22.4. The Kier molecular flexibility index (Phi) is 6.79. The van der Waals surface area contributed by atoms with E-state index in [0.717, 1.165) is 42.0 Å². The summed E-state index contributed by atoms with van der Waals surface area (Å²) in [6.07, 6.45) is -1.27. The number of amides is 1. The van der Waals surface area contributed by atoms with Gasteiger partial charge in [0.25, 0.3) is 5.91 Å². The number of pyridine rings is 1. The van der Waals surface area contributed by atoms with Crippen LogP contribution in [-0.4, -0.2) is 24.0 Å². The molecule has 1 aliphatic rings. The van der Waals surface area contributed by atoms with Crippen molar-refractivity contribution >= 4 is 17.4 Å². The highest BCUT2D eigenvalue weighted by atomic mass is 19.4. The molecule has 8 heteroatoms. The fraction of sp³-hybridized carbons (Fsp3) is 0.217. The number of hydrogen-bond donors (Lipinski definition) is 2. The second-order valence-corrected chi connectivity index (χ2v) is 7.13. The van der Waals surface area contributed by atoms with Crippen molar-refractivity contribution in [3.05, 3.63) is 78.0 Å². The van der Waals surface area contributed by atoms with Gasteiger partial charge in [0.15, 0.2) is 0 Å². The molecule has 4 N–H and O–H groups in total. The lowest BCUT2D eigenvalue weighted by molar-refractivity contribution is -0.137. The molecule has 1 amide bonds. The Morgan fingerprint density at radius 3 is 2.16 bits per heavy atom. The zero-order valence-corrected chi connectivity index (χ0v) is 16.8. The molecule has 0 aliphatic carbocycles.